The quantitative estimate of drug-likeness (QED) is 0.523. The predicted octanol–water partition coefficient (Wildman–Crippen LogP) is 2.01. The van der Waals surface area contributed by atoms with Crippen molar-refractivity contribution in [2.24, 2.45) is 0 Å². The zero-order valence-electron chi connectivity index (χ0n) is 4.94. The summed E-state index contributed by atoms with van der Waals surface area (Å²) < 4.78 is 11.4. The number of hydrogen-bond acceptors (Lipinski definition) is 1. The van der Waals surface area contributed by atoms with Crippen molar-refractivity contribution in [3.05, 3.63) is 29.0 Å². The highest BCUT2D eigenvalue weighted by atomic mass is 35.5. The first-order valence-electron chi connectivity index (χ1n) is 2.57. The fourth-order valence-corrected chi connectivity index (χ4v) is 0.691. The van der Waals surface area contributed by atoms with Crippen LogP contribution in [0.15, 0.2) is 18.3 Å². The van der Waals surface area contributed by atoms with Gasteiger partial charge in [0.25, 0.3) is 0 Å². The first-order chi connectivity index (χ1) is 4.84. The fraction of sp³-hybridized carbons (Fsp3) is 0. The molecule has 50 valence electrons. The van der Waals surface area contributed by atoms with Crippen LogP contribution in [0.4, 0.5) is 4.39 Å². The minimum Gasteiger partial charge on any atom is -0.246 e. The molecule has 0 saturated heterocycles. The zero-order chi connectivity index (χ0) is 7.40. The normalized spacial score (nSPS) is 8.20. The first-order valence-corrected chi connectivity index (χ1v) is 2.94. The second-order valence-corrected chi connectivity index (χ2v) is 1.96. The van der Waals surface area contributed by atoms with Crippen LogP contribution in [-0.4, -0.2) is 4.98 Å². The van der Waals surface area contributed by atoms with Crippen LogP contribution >= 0.6 is 11.6 Å². The molecule has 0 spiro atoms. The average molecular weight is 156 g/mol. The van der Waals surface area contributed by atoms with Gasteiger partial charge in [0.15, 0.2) is 0 Å². The number of pyridine rings is 1. The lowest BCUT2D eigenvalue weighted by molar-refractivity contribution is 0.773. The SMILES string of the molecule is FC#Cc1ncccc1Cl. The molecule has 0 atom stereocenters. The standard InChI is InChI=1S/C7H3ClFN/c8-6-2-1-5-10-7(6)3-4-9/h1-2,5H. The smallest absolute Gasteiger partial charge is 0.134 e. The van der Waals surface area contributed by atoms with Crippen molar-refractivity contribution in [3.63, 3.8) is 0 Å². The van der Waals surface area contributed by atoms with Gasteiger partial charge >= 0.3 is 0 Å². The van der Waals surface area contributed by atoms with Gasteiger partial charge in [-0.15, -0.1) is 4.39 Å². The van der Waals surface area contributed by atoms with E-state index in [0.717, 1.165) is 0 Å². The highest BCUT2D eigenvalue weighted by molar-refractivity contribution is 6.31. The van der Waals surface area contributed by atoms with Gasteiger partial charge in [-0.05, 0) is 18.1 Å². The van der Waals surface area contributed by atoms with Crippen LogP contribution in [0, 0.1) is 12.1 Å². The molecular weight excluding hydrogens is 153 g/mol. The third kappa shape index (κ3) is 1.46. The summed E-state index contributed by atoms with van der Waals surface area (Å²) >= 11 is 5.57. The van der Waals surface area contributed by atoms with E-state index in [0.29, 0.717) is 5.02 Å². The van der Waals surface area contributed by atoms with Gasteiger partial charge in [0.2, 0.25) is 0 Å². The van der Waals surface area contributed by atoms with E-state index in [9.17, 15) is 4.39 Å². The van der Waals surface area contributed by atoms with E-state index in [2.05, 4.69) is 10.9 Å². The molecule has 0 N–H and O–H groups in total. The van der Waals surface area contributed by atoms with Gasteiger partial charge in [-0.25, -0.2) is 4.98 Å². The van der Waals surface area contributed by atoms with Crippen molar-refractivity contribution in [2.45, 2.75) is 0 Å². The van der Waals surface area contributed by atoms with Gasteiger partial charge in [0, 0.05) is 6.20 Å². The lowest BCUT2D eigenvalue weighted by Gasteiger charge is -1.89. The molecule has 1 heterocycles. The Morgan fingerprint density at radius 2 is 2.40 bits per heavy atom. The summed E-state index contributed by atoms with van der Waals surface area (Å²) in [5.41, 5.74) is 0.270. The van der Waals surface area contributed by atoms with Gasteiger partial charge in [-0.3, -0.25) is 0 Å². The number of nitrogens with zero attached hydrogens (tertiary/aromatic N) is 1. The minimum atomic E-state index is 0.270. The molecule has 0 aliphatic rings. The molecule has 1 nitrogen and oxygen atoms in total. The van der Waals surface area contributed by atoms with E-state index >= 15 is 0 Å². The van der Waals surface area contributed by atoms with Crippen LogP contribution in [0.1, 0.15) is 5.69 Å². The number of aromatic nitrogens is 1. The first kappa shape index (κ1) is 7.04. The summed E-state index contributed by atoms with van der Waals surface area (Å²) in [4.78, 5) is 3.72. The molecule has 0 aliphatic heterocycles. The summed E-state index contributed by atoms with van der Waals surface area (Å²) in [7, 11) is 0. The van der Waals surface area contributed by atoms with E-state index in [1.54, 1.807) is 12.1 Å². The van der Waals surface area contributed by atoms with Crippen molar-refractivity contribution >= 4 is 11.6 Å². The molecule has 0 aliphatic carbocycles. The van der Waals surface area contributed by atoms with Gasteiger partial charge in [-0.2, -0.15) is 0 Å². The van der Waals surface area contributed by atoms with Crippen LogP contribution in [-0.2, 0) is 0 Å². The molecule has 3 heteroatoms. The number of hydrogen-bond donors (Lipinski definition) is 0. The Morgan fingerprint density at radius 3 is 3.00 bits per heavy atom. The number of rotatable bonds is 0. The highest BCUT2D eigenvalue weighted by Crippen LogP contribution is 2.09. The van der Waals surface area contributed by atoms with E-state index in [-0.39, 0.29) is 5.69 Å². The van der Waals surface area contributed by atoms with E-state index in [4.69, 9.17) is 11.6 Å². The van der Waals surface area contributed by atoms with Crippen molar-refractivity contribution < 1.29 is 4.39 Å². The third-order valence-corrected chi connectivity index (χ3v) is 1.23. The monoisotopic (exact) mass is 155 g/mol. The van der Waals surface area contributed by atoms with Gasteiger partial charge in [0.05, 0.1) is 5.02 Å². The molecule has 0 bridgehead atoms. The maximum absolute atomic E-state index is 11.4. The molecule has 0 fully saturated rings. The summed E-state index contributed by atoms with van der Waals surface area (Å²) in [5.74, 6) is 2.12. The Hall–Kier alpha value is -1.07. The van der Waals surface area contributed by atoms with Gasteiger partial charge in [0.1, 0.15) is 11.9 Å². The zero-order valence-corrected chi connectivity index (χ0v) is 5.69. The summed E-state index contributed by atoms with van der Waals surface area (Å²) in [6.07, 6.45) is 2.73. The fourth-order valence-electron chi connectivity index (χ4n) is 0.522. The van der Waals surface area contributed by atoms with Crippen molar-refractivity contribution in [2.75, 3.05) is 0 Å². The second kappa shape index (κ2) is 3.19. The topological polar surface area (TPSA) is 12.9 Å². The van der Waals surface area contributed by atoms with Crippen molar-refractivity contribution in [1.29, 1.82) is 0 Å². The summed E-state index contributed by atoms with van der Waals surface area (Å²) in [6.45, 7) is 0. The molecule has 0 saturated carbocycles. The predicted molar refractivity (Wildman–Crippen MR) is 37.2 cm³/mol. The molecule has 1 aromatic rings. The minimum absolute atomic E-state index is 0.270. The molecule has 0 amide bonds. The van der Waals surface area contributed by atoms with Crippen LogP contribution in [0.3, 0.4) is 0 Å². The Morgan fingerprint density at radius 1 is 1.60 bits per heavy atom. The van der Waals surface area contributed by atoms with Crippen molar-refractivity contribution in [3.8, 4) is 12.1 Å². The molecular formula is C7H3ClFN. The Balaban J connectivity index is 3.11. The maximum Gasteiger partial charge on any atom is 0.134 e. The Bertz CT molecular complexity index is 287. The number of halogens is 2. The third-order valence-electron chi connectivity index (χ3n) is 0.924. The molecule has 1 rings (SSSR count). The average Bonchev–Trinajstić information content (AvgIpc) is 1.94. The summed E-state index contributed by atoms with van der Waals surface area (Å²) in [6, 6.07) is 3.26. The molecule has 0 aromatic carbocycles. The van der Waals surface area contributed by atoms with Crippen LogP contribution in [0.5, 0.6) is 0 Å². The lowest BCUT2D eigenvalue weighted by atomic mass is 10.4. The Kier molecular flexibility index (Phi) is 2.24. The molecule has 0 unspecified atom stereocenters. The van der Waals surface area contributed by atoms with Gasteiger partial charge in [-0.1, -0.05) is 11.6 Å². The highest BCUT2D eigenvalue weighted by Gasteiger charge is 1.93. The molecule has 10 heavy (non-hydrogen) atoms. The second-order valence-electron chi connectivity index (χ2n) is 1.55. The molecule has 0 radical (unpaired) electrons. The van der Waals surface area contributed by atoms with Gasteiger partial charge < -0.3 is 0 Å². The van der Waals surface area contributed by atoms with Crippen molar-refractivity contribution in [1.82, 2.24) is 4.98 Å². The van der Waals surface area contributed by atoms with Crippen LogP contribution < -0.4 is 0 Å². The van der Waals surface area contributed by atoms with E-state index < -0.39 is 0 Å². The Labute approximate surface area is 62.8 Å². The summed E-state index contributed by atoms with van der Waals surface area (Å²) in [5, 5.41) is 0.368. The van der Waals surface area contributed by atoms with Crippen LogP contribution in [0.2, 0.25) is 5.02 Å². The van der Waals surface area contributed by atoms with E-state index in [1.165, 1.54) is 12.4 Å². The largest absolute Gasteiger partial charge is 0.246 e. The lowest BCUT2D eigenvalue weighted by Crippen LogP contribution is -1.80. The maximum atomic E-state index is 11.4. The van der Waals surface area contributed by atoms with E-state index in [1.807, 2.05) is 0 Å². The molecule has 1 aromatic heterocycles. The van der Waals surface area contributed by atoms with Crippen LogP contribution in [0.25, 0.3) is 0 Å².